The molecule has 3 aromatic heterocycles. The molecule has 0 atom stereocenters. The fourth-order valence-electron chi connectivity index (χ4n) is 3.89. The number of amides is 2. The second-order valence-electron chi connectivity index (χ2n) is 8.00. The Morgan fingerprint density at radius 2 is 1.97 bits per heavy atom. The van der Waals surface area contributed by atoms with Gasteiger partial charge in [0.25, 0.3) is 11.5 Å². The summed E-state index contributed by atoms with van der Waals surface area (Å²) >= 11 is 1.52. The summed E-state index contributed by atoms with van der Waals surface area (Å²) in [6.07, 6.45) is 3.17. The van der Waals surface area contributed by atoms with E-state index in [4.69, 9.17) is 4.42 Å². The number of furan rings is 1. The van der Waals surface area contributed by atoms with Gasteiger partial charge < -0.3 is 14.6 Å². The molecular formula is C22H26N4O4S. The third-order valence-corrected chi connectivity index (χ3v) is 6.98. The van der Waals surface area contributed by atoms with Crippen LogP contribution in [-0.2, 0) is 11.3 Å². The van der Waals surface area contributed by atoms with Crippen LogP contribution in [0.1, 0.15) is 46.0 Å². The van der Waals surface area contributed by atoms with Gasteiger partial charge in [-0.05, 0) is 51.3 Å². The van der Waals surface area contributed by atoms with Gasteiger partial charge in [-0.15, -0.1) is 11.3 Å². The number of thiophene rings is 1. The highest BCUT2D eigenvalue weighted by molar-refractivity contribution is 7.18. The van der Waals surface area contributed by atoms with Crippen molar-refractivity contribution in [3.63, 3.8) is 0 Å². The van der Waals surface area contributed by atoms with Crippen molar-refractivity contribution in [2.45, 2.75) is 52.6 Å². The summed E-state index contributed by atoms with van der Waals surface area (Å²) in [5, 5.41) is 3.63. The van der Waals surface area contributed by atoms with Crippen molar-refractivity contribution in [1.82, 2.24) is 19.8 Å². The Labute approximate surface area is 183 Å². The number of carbonyl (C=O) groups is 2. The van der Waals surface area contributed by atoms with E-state index in [-0.39, 0.29) is 29.8 Å². The van der Waals surface area contributed by atoms with Gasteiger partial charge in [0.15, 0.2) is 5.76 Å². The largest absolute Gasteiger partial charge is 0.456 e. The average molecular weight is 443 g/mol. The molecule has 31 heavy (non-hydrogen) atoms. The lowest BCUT2D eigenvalue weighted by molar-refractivity contribution is -0.132. The van der Waals surface area contributed by atoms with Crippen LogP contribution in [0, 0.1) is 20.8 Å². The first-order chi connectivity index (χ1) is 14.8. The van der Waals surface area contributed by atoms with Crippen LogP contribution in [0.2, 0.25) is 0 Å². The Bertz CT molecular complexity index is 1180. The number of aromatic nitrogens is 2. The lowest BCUT2D eigenvalue weighted by Crippen LogP contribution is -2.46. The number of carbonyl (C=O) groups excluding carboxylic acids is 2. The van der Waals surface area contributed by atoms with Crippen molar-refractivity contribution < 1.29 is 14.0 Å². The van der Waals surface area contributed by atoms with Crippen molar-refractivity contribution in [3.8, 4) is 0 Å². The Morgan fingerprint density at radius 3 is 2.65 bits per heavy atom. The van der Waals surface area contributed by atoms with Gasteiger partial charge in [0.2, 0.25) is 5.91 Å². The van der Waals surface area contributed by atoms with E-state index in [9.17, 15) is 14.4 Å². The van der Waals surface area contributed by atoms with E-state index >= 15 is 0 Å². The predicted molar refractivity (Wildman–Crippen MR) is 118 cm³/mol. The number of aryl methyl sites for hydroxylation is 4. The van der Waals surface area contributed by atoms with Crippen LogP contribution in [0.3, 0.4) is 0 Å². The summed E-state index contributed by atoms with van der Waals surface area (Å²) in [5.74, 6) is 0.794. The number of hydrogen-bond donors (Lipinski definition) is 1. The molecule has 0 bridgehead atoms. The topological polar surface area (TPSA) is 97.4 Å². The smallest absolute Gasteiger partial charge is 0.287 e. The van der Waals surface area contributed by atoms with Gasteiger partial charge >= 0.3 is 0 Å². The van der Waals surface area contributed by atoms with Crippen molar-refractivity contribution in [1.29, 1.82) is 0 Å². The van der Waals surface area contributed by atoms with Gasteiger partial charge in [0.1, 0.15) is 10.6 Å². The number of nitrogens with zero attached hydrogens (tertiary/aromatic N) is 3. The molecule has 9 heteroatoms. The van der Waals surface area contributed by atoms with E-state index in [1.54, 1.807) is 24.0 Å². The third kappa shape index (κ3) is 4.41. The fourth-order valence-corrected chi connectivity index (χ4v) is 4.88. The summed E-state index contributed by atoms with van der Waals surface area (Å²) in [7, 11) is 0. The van der Waals surface area contributed by atoms with E-state index in [2.05, 4.69) is 10.3 Å². The lowest BCUT2D eigenvalue weighted by Gasteiger charge is -2.32. The quantitative estimate of drug-likeness (QED) is 0.655. The van der Waals surface area contributed by atoms with Crippen LogP contribution in [0.15, 0.2) is 27.7 Å². The van der Waals surface area contributed by atoms with Gasteiger partial charge in [0.05, 0.1) is 11.7 Å². The molecule has 1 aliphatic rings. The first-order valence-electron chi connectivity index (χ1n) is 10.4. The zero-order valence-electron chi connectivity index (χ0n) is 17.9. The molecule has 0 radical (unpaired) electrons. The van der Waals surface area contributed by atoms with Crippen LogP contribution in [0.5, 0.6) is 0 Å². The zero-order valence-corrected chi connectivity index (χ0v) is 18.8. The maximum atomic E-state index is 12.8. The first-order valence-corrected chi connectivity index (χ1v) is 11.3. The molecule has 4 heterocycles. The summed E-state index contributed by atoms with van der Waals surface area (Å²) < 4.78 is 6.88. The molecule has 0 saturated carbocycles. The summed E-state index contributed by atoms with van der Waals surface area (Å²) in [4.78, 5) is 45.7. The Kier molecular flexibility index (Phi) is 5.95. The number of hydrogen-bond acceptors (Lipinski definition) is 6. The first kappa shape index (κ1) is 21.3. The van der Waals surface area contributed by atoms with Crippen LogP contribution in [-0.4, -0.2) is 45.4 Å². The van der Waals surface area contributed by atoms with Crippen molar-refractivity contribution in [3.05, 3.63) is 50.8 Å². The number of piperidine rings is 1. The molecule has 0 aliphatic carbocycles. The minimum atomic E-state index is -0.223. The number of nitrogens with one attached hydrogen (secondary N) is 1. The van der Waals surface area contributed by atoms with Gasteiger partial charge in [-0.1, -0.05) is 0 Å². The standard InChI is InChI=1S/C22H26N4O4S/c1-13-4-5-17(30-13)20(28)24-16-6-9-25(10-7-16)18(27)8-11-26-12-23-21-19(22(26)29)14(2)15(3)31-21/h4-5,12,16H,6-11H2,1-3H3,(H,24,28). The van der Waals surface area contributed by atoms with E-state index in [0.717, 1.165) is 15.3 Å². The Hall–Kier alpha value is -2.94. The van der Waals surface area contributed by atoms with Crippen molar-refractivity contribution >= 4 is 33.4 Å². The zero-order chi connectivity index (χ0) is 22.1. The molecule has 1 N–H and O–H groups in total. The second kappa shape index (κ2) is 8.66. The Morgan fingerprint density at radius 1 is 1.23 bits per heavy atom. The minimum absolute atomic E-state index is 0.0108. The summed E-state index contributed by atoms with van der Waals surface area (Å²) in [6.45, 7) is 7.18. The molecule has 4 rings (SSSR count). The molecule has 3 aromatic rings. The molecule has 2 amide bonds. The fraction of sp³-hybridized carbons (Fsp3) is 0.455. The Balaban J connectivity index is 1.30. The van der Waals surface area contributed by atoms with Gasteiger partial charge in [-0.3, -0.25) is 19.0 Å². The number of fused-ring (bicyclic) bond motifs is 1. The van der Waals surface area contributed by atoms with Crippen LogP contribution in [0.4, 0.5) is 0 Å². The molecular weight excluding hydrogens is 416 g/mol. The summed E-state index contributed by atoms with van der Waals surface area (Å²) in [6, 6.07) is 3.44. The maximum Gasteiger partial charge on any atom is 0.287 e. The normalized spacial score (nSPS) is 14.9. The third-order valence-electron chi connectivity index (χ3n) is 5.87. The highest BCUT2D eigenvalue weighted by Gasteiger charge is 2.25. The molecule has 8 nitrogen and oxygen atoms in total. The lowest BCUT2D eigenvalue weighted by atomic mass is 10.0. The van der Waals surface area contributed by atoms with Crippen LogP contribution < -0.4 is 10.9 Å². The van der Waals surface area contributed by atoms with E-state index in [1.165, 1.54) is 22.2 Å². The molecule has 0 spiro atoms. The van der Waals surface area contributed by atoms with Crippen molar-refractivity contribution in [2.24, 2.45) is 0 Å². The highest BCUT2D eigenvalue weighted by Crippen LogP contribution is 2.25. The molecule has 1 saturated heterocycles. The molecule has 1 aliphatic heterocycles. The van der Waals surface area contributed by atoms with Gasteiger partial charge in [-0.25, -0.2) is 4.98 Å². The average Bonchev–Trinajstić information content (AvgIpc) is 3.31. The molecule has 164 valence electrons. The van der Waals surface area contributed by atoms with Crippen LogP contribution >= 0.6 is 11.3 Å². The van der Waals surface area contributed by atoms with E-state index in [0.29, 0.717) is 49.4 Å². The molecule has 0 unspecified atom stereocenters. The van der Waals surface area contributed by atoms with Crippen molar-refractivity contribution in [2.75, 3.05) is 13.1 Å². The number of likely N-dealkylation sites (tertiary alicyclic amines) is 1. The van der Waals surface area contributed by atoms with Gasteiger partial charge in [-0.2, -0.15) is 0 Å². The molecule has 1 fully saturated rings. The van der Waals surface area contributed by atoms with Gasteiger partial charge in [0, 0.05) is 37.0 Å². The minimum Gasteiger partial charge on any atom is -0.456 e. The monoisotopic (exact) mass is 442 g/mol. The highest BCUT2D eigenvalue weighted by atomic mass is 32.1. The van der Waals surface area contributed by atoms with E-state index < -0.39 is 0 Å². The summed E-state index contributed by atoms with van der Waals surface area (Å²) in [5.41, 5.74) is 0.876. The SMILES string of the molecule is Cc1ccc(C(=O)NC2CCN(C(=O)CCn3cnc4sc(C)c(C)c4c3=O)CC2)o1. The second-order valence-corrected chi connectivity index (χ2v) is 9.20. The maximum absolute atomic E-state index is 12.8. The molecule has 0 aromatic carbocycles. The number of rotatable bonds is 5. The van der Waals surface area contributed by atoms with E-state index in [1.807, 2.05) is 13.8 Å². The predicted octanol–water partition coefficient (Wildman–Crippen LogP) is 2.79. The van der Waals surface area contributed by atoms with Crippen LogP contribution in [0.25, 0.3) is 10.2 Å².